The maximum Gasteiger partial charge on any atom is 0.125 e. The largest absolute Gasteiger partial charge is 0.490 e. The lowest BCUT2D eigenvalue weighted by molar-refractivity contribution is 0.00792. The summed E-state index contributed by atoms with van der Waals surface area (Å²) in [7, 11) is 1.55. The van der Waals surface area contributed by atoms with E-state index in [-0.39, 0.29) is 12.2 Å². The first-order valence-corrected chi connectivity index (χ1v) is 9.73. The van der Waals surface area contributed by atoms with Crippen molar-refractivity contribution in [2.45, 2.75) is 65.6 Å². The first-order chi connectivity index (χ1) is 13.0. The highest BCUT2D eigenvalue weighted by molar-refractivity contribution is 5.82. The van der Waals surface area contributed by atoms with Gasteiger partial charge in [-0.15, -0.1) is 0 Å². The first-order valence-electron chi connectivity index (χ1n) is 9.73. The standard InChI is InChI=1S/C22H33NO4/c1-6-7-11-25-21-12-16(2)22(17(3)13-21)27-20-10-8-9-19(14-20)26-15-18(4)23-24-5/h6-7,12-13,19-20H,8-11,14-15H2,1-5H3/b7-6+,23-18+. The predicted molar refractivity (Wildman–Crippen MR) is 109 cm³/mol. The molecule has 2 unspecified atom stereocenters. The van der Waals surface area contributed by atoms with E-state index in [1.54, 1.807) is 7.11 Å². The molecule has 1 aliphatic rings. The molecule has 0 bridgehead atoms. The van der Waals surface area contributed by atoms with Crippen LogP contribution in [0.3, 0.4) is 0 Å². The van der Waals surface area contributed by atoms with Gasteiger partial charge in [0.1, 0.15) is 31.3 Å². The van der Waals surface area contributed by atoms with Crippen LogP contribution in [-0.2, 0) is 9.57 Å². The SMILES string of the molecule is C/C=C/COc1cc(C)c(OC2CCCC(OC/C(C)=N/OC)C2)c(C)c1. The van der Waals surface area contributed by atoms with Crippen LogP contribution in [0.4, 0.5) is 0 Å². The van der Waals surface area contributed by atoms with Crippen LogP contribution < -0.4 is 9.47 Å². The minimum atomic E-state index is 0.176. The number of benzene rings is 1. The van der Waals surface area contributed by atoms with Crippen LogP contribution in [0.1, 0.15) is 50.7 Å². The minimum Gasteiger partial charge on any atom is -0.490 e. The van der Waals surface area contributed by atoms with Crippen molar-refractivity contribution in [3.8, 4) is 11.5 Å². The van der Waals surface area contributed by atoms with Gasteiger partial charge in [-0.05, 0) is 70.2 Å². The summed E-state index contributed by atoms with van der Waals surface area (Å²) in [6, 6.07) is 4.10. The fraction of sp³-hybridized carbons (Fsp3) is 0.591. The summed E-state index contributed by atoms with van der Waals surface area (Å²) in [6.07, 6.45) is 8.50. The molecule has 0 N–H and O–H groups in total. The molecule has 5 heteroatoms. The smallest absolute Gasteiger partial charge is 0.125 e. The molecule has 1 aromatic carbocycles. The van der Waals surface area contributed by atoms with E-state index in [1.807, 2.05) is 38.1 Å². The second-order valence-corrected chi connectivity index (χ2v) is 7.11. The van der Waals surface area contributed by atoms with Gasteiger partial charge in [0.25, 0.3) is 0 Å². The Morgan fingerprint density at radius 1 is 1.19 bits per heavy atom. The first kappa shape index (κ1) is 21.3. The third-order valence-corrected chi connectivity index (χ3v) is 4.65. The number of oxime groups is 1. The van der Waals surface area contributed by atoms with Crippen LogP contribution >= 0.6 is 0 Å². The van der Waals surface area contributed by atoms with Gasteiger partial charge in [-0.2, -0.15) is 0 Å². The summed E-state index contributed by atoms with van der Waals surface area (Å²) < 4.78 is 18.1. The number of hydrogen-bond donors (Lipinski definition) is 0. The quantitative estimate of drug-likeness (QED) is 0.347. The zero-order valence-corrected chi connectivity index (χ0v) is 17.3. The van der Waals surface area contributed by atoms with Crippen molar-refractivity contribution in [2.24, 2.45) is 5.16 Å². The summed E-state index contributed by atoms with van der Waals surface area (Å²) >= 11 is 0. The number of ether oxygens (including phenoxy) is 3. The lowest BCUT2D eigenvalue weighted by atomic mass is 9.94. The fourth-order valence-electron chi connectivity index (χ4n) is 3.37. The van der Waals surface area contributed by atoms with Crippen molar-refractivity contribution in [2.75, 3.05) is 20.3 Å². The summed E-state index contributed by atoms with van der Waals surface area (Å²) in [4.78, 5) is 4.78. The molecule has 150 valence electrons. The van der Waals surface area contributed by atoms with Crippen molar-refractivity contribution in [3.05, 3.63) is 35.4 Å². The van der Waals surface area contributed by atoms with Crippen molar-refractivity contribution in [1.82, 2.24) is 0 Å². The molecule has 0 spiro atoms. The van der Waals surface area contributed by atoms with Gasteiger partial charge in [0.2, 0.25) is 0 Å². The topological polar surface area (TPSA) is 49.3 Å². The molecule has 1 aromatic rings. The predicted octanol–water partition coefficient (Wildman–Crippen LogP) is 4.99. The van der Waals surface area contributed by atoms with Crippen LogP contribution in [0.15, 0.2) is 29.4 Å². The van der Waals surface area contributed by atoms with E-state index in [4.69, 9.17) is 19.0 Å². The van der Waals surface area contributed by atoms with Crippen molar-refractivity contribution < 1.29 is 19.0 Å². The minimum absolute atomic E-state index is 0.176. The molecule has 27 heavy (non-hydrogen) atoms. The second-order valence-electron chi connectivity index (χ2n) is 7.11. The summed E-state index contributed by atoms with van der Waals surface area (Å²) in [5.74, 6) is 1.85. The van der Waals surface area contributed by atoms with Crippen molar-refractivity contribution in [1.29, 1.82) is 0 Å². The van der Waals surface area contributed by atoms with E-state index in [0.29, 0.717) is 13.2 Å². The molecule has 0 aliphatic heterocycles. The molecule has 1 fully saturated rings. The van der Waals surface area contributed by atoms with Crippen molar-refractivity contribution in [3.63, 3.8) is 0 Å². The van der Waals surface area contributed by atoms with Gasteiger partial charge in [-0.25, -0.2) is 0 Å². The van der Waals surface area contributed by atoms with Crippen LogP contribution in [-0.4, -0.2) is 38.2 Å². The Morgan fingerprint density at radius 3 is 2.56 bits per heavy atom. The van der Waals surface area contributed by atoms with Gasteiger partial charge in [0.15, 0.2) is 0 Å². The third kappa shape index (κ3) is 6.90. The number of nitrogens with zero attached hydrogens (tertiary/aromatic N) is 1. The van der Waals surface area contributed by atoms with Gasteiger partial charge in [-0.1, -0.05) is 17.3 Å². The highest BCUT2D eigenvalue weighted by Crippen LogP contribution is 2.32. The van der Waals surface area contributed by atoms with Crippen LogP contribution in [0, 0.1) is 13.8 Å². The Hall–Kier alpha value is -2.01. The molecule has 2 atom stereocenters. The molecular weight excluding hydrogens is 342 g/mol. The third-order valence-electron chi connectivity index (χ3n) is 4.65. The molecular formula is C22H33NO4. The van der Waals surface area contributed by atoms with Gasteiger partial charge in [0.05, 0.1) is 18.4 Å². The zero-order valence-electron chi connectivity index (χ0n) is 17.3. The highest BCUT2D eigenvalue weighted by Gasteiger charge is 2.25. The normalized spacial score (nSPS) is 20.7. The Labute approximate surface area is 163 Å². The van der Waals surface area contributed by atoms with E-state index in [0.717, 1.165) is 54.0 Å². The summed E-state index contributed by atoms with van der Waals surface area (Å²) in [5.41, 5.74) is 3.06. The highest BCUT2D eigenvalue weighted by atomic mass is 16.6. The van der Waals surface area contributed by atoms with Gasteiger partial charge in [-0.3, -0.25) is 0 Å². The fourth-order valence-corrected chi connectivity index (χ4v) is 3.37. The van der Waals surface area contributed by atoms with Gasteiger partial charge >= 0.3 is 0 Å². The Balaban J connectivity index is 1.94. The number of rotatable bonds is 9. The van der Waals surface area contributed by atoms with Crippen LogP contribution in [0.5, 0.6) is 11.5 Å². The number of aryl methyl sites for hydroxylation is 2. The number of allylic oxidation sites excluding steroid dienone is 1. The summed E-state index contributed by atoms with van der Waals surface area (Å²) in [5, 5.41) is 3.90. The molecule has 0 amide bonds. The molecule has 1 aliphatic carbocycles. The molecule has 5 nitrogen and oxygen atoms in total. The van der Waals surface area contributed by atoms with E-state index in [2.05, 4.69) is 19.0 Å². The van der Waals surface area contributed by atoms with E-state index >= 15 is 0 Å². The van der Waals surface area contributed by atoms with Crippen LogP contribution in [0.2, 0.25) is 0 Å². The van der Waals surface area contributed by atoms with E-state index in [1.165, 1.54) is 0 Å². The Morgan fingerprint density at radius 2 is 1.89 bits per heavy atom. The maximum absolute atomic E-state index is 6.38. The Bertz CT molecular complexity index is 631. The average molecular weight is 376 g/mol. The second kappa shape index (κ2) is 11.0. The molecule has 1 saturated carbocycles. The molecule has 2 rings (SSSR count). The Kier molecular flexibility index (Phi) is 8.65. The van der Waals surface area contributed by atoms with E-state index < -0.39 is 0 Å². The van der Waals surface area contributed by atoms with Crippen molar-refractivity contribution >= 4 is 5.71 Å². The summed E-state index contributed by atoms with van der Waals surface area (Å²) in [6.45, 7) is 9.14. The lowest BCUT2D eigenvalue weighted by Gasteiger charge is -2.30. The molecule has 0 radical (unpaired) electrons. The van der Waals surface area contributed by atoms with Gasteiger partial charge in [0, 0.05) is 6.42 Å². The van der Waals surface area contributed by atoms with E-state index in [9.17, 15) is 0 Å². The van der Waals surface area contributed by atoms with Gasteiger partial charge < -0.3 is 19.0 Å². The lowest BCUT2D eigenvalue weighted by Crippen LogP contribution is -2.31. The molecule has 0 saturated heterocycles. The molecule has 0 heterocycles. The number of hydrogen-bond acceptors (Lipinski definition) is 5. The monoisotopic (exact) mass is 375 g/mol. The zero-order chi connectivity index (χ0) is 19.6. The van der Waals surface area contributed by atoms with Crippen LogP contribution in [0.25, 0.3) is 0 Å². The maximum atomic E-state index is 6.38. The average Bonchev–Trinajstić information content (AvgIpc) is 2.64. The molecule has 0 aromatic heterocycles.